The van der Waals surface area contributed by atoms with E-state index in [0.717, 1.165) is 11.1 Å². The van der Waals surface area contributed by atoms with E-state index in [0.29, 0.717) is 45.6 Å². The molecule has 5 aromatic rings. The smallest absolute Gasteiger partial charge is 0.265 e. The number of hydrogen-bond donors (Lipinski definition) is 3. The number of carbonyl (C=O) groups excluding carboxylic acids is 2. The lowest BCUT2D eigenvalue weighted by Gasteiger charge is -2.04. The van der Waals surface area contributed by atoms with E-state index >= 15 is 0 Å². The first-order valence-corrected chi connectivity index (χ1v) is 11.9. The number of anilines is 1. The number of aromatic amines is 1. The molecule has 0 fully saturated rings. The van der Waals surface area contributed by atoms with E-state index in [4.69, 9.17) is 15.6 Å². The zero-order valence-electron chi connectivity index (χ0n) is 19.3. The molecule has 9 nitrogen and oxygen atoms in total. The zero-order chi connectivity index (χ0) is 25.1. The van der Waals surface area contributed by atoms with Crippen molar-refractivity contribution in [2.24, 2.45) is 5.73 Å². The Morgan fingerprint density at radius 1 is 1.11 bits per heavy atom. The standard InChI is InChI=1S/C26H22N6O3S/c1-35-19-9-7-17(8-10-19)23-20(14-32(31-23)13-16-5-3-2-4-6-16)25(34)30-26-29-22(15-36-26)18-11-21(24(27)33)28-12-18/h2-12,14-15,28H,13H2,1H3,(H2,27,33)(H,29,30,34). The van der Waals surface area contributed by atoms with Gasteiger partial charge < -0.3 is 15.5 Å². The van der Waals surface area contributed by atoms with Crippen LogP contribution in [0, 0.1) is 0 Å². The molecule has 0 aliphatic heterocycles. The summed E-state index contributed by atoms with van der Waals surface area (Å²) in [4.78, 5) is 32.0. The molecular weight excluding hydrogens is 476 g/mol. The number of rotatable bonds is 8. The molecule has 2 aromatic carbocycles. The lowest BCUT2D eigenvalue weighted by Crippen LogP contribution is -2.12. The Labute approximate surface area is 210 Å². The lowest BCUT2D eigenvalue weighted by molar-refractivity contribution is 0.0994. The fourth-order valence-corrected chi connectivity index (χ4v) is 4.43. The number of aromatic nitrogens is 4. The minimum Gasteiger partial charge on any atom is -0.497 e. The second kappa shape index (κ2) is 9.88. The normalized spacial score (nSPS) is 10.8. The van der Waals surface area contributed by atoms with E-state index in [-0.39, 0.29) is 5.91 Å². The number of thiazole rings is 1. The molecule has 0 aliphatic rings. The average molecular weight is 499 g/mol. The number of ether oxygens (including phenoxy) is 1. The van der Waals surface area contributed by atoms with Crippen molar-refractivity contribution in [3.05, 3.63) is 95.3 Å². The third-order valence-electron chi connectivity index (χ3n) is 5.53. The monoisotopic (exact) mass is 498 g/mol. The Kier molecular flexibility index (Phi) is 6.33. The van der Waals surface area contributed by atoms with E-state index in [2.05, 4.69) is 15.3 Å². The summed E-state index contributed by atoms with van der Waals surface area (Å²) in [5.74, 6) is -0.162. The molecule has 10 heteroatoms. The van der Waals surface area contributed by atoms with Crippen LogP contribution < -0.4 is 15.8 Å². The maximum atomic E-state index is 13.3. The number of methoxy groups -OCH3 is 1. The third-order valence-corrected chi connectivity index (χ3v) is 6.28. The fourth-order valence-electron chi connectivity index (χ4n) is 3.71. The molecular formula is C26H22N6O3S. The number of nitrogens with one attached hydrogen (secondary N) is 2. The summed E-state index contributed by atoms with van der Waals surface area (Å²) in [6.45, 7) is 0.522. The van der Waals surface area contributed by atoms with Gasteiger partial charge in [-0.25, -0.2) is 4.98 Å². The summed E-state index contributed by atoms with van der Waals surface area (Å²) in [6.07, 6.45) is 3.39. The van der Waals surface area contributed by atoms with E-state index in [1.54, 1.807) is 35.6 Å². The quantitative estimate of drug-likeness (QED) is 0.292. The molecule has 0 saturated heterocycles. The summed E-state index contributed by atoms with van der Waals surface area (Å²) in [6, 6.07) is 18.9. The molecule has 0 saturated carbocycles. The predicted octanol–water partition coefficient (Wildman–Crippen LogP) is 4.41. The van der Waals surface area contributed by atoms with Crippen LogP contribution in [0.5, 0.6) is 5.75 Å². The topological polar surface area (TPSA) is 128 Å². The summed E-state index contributed by atoms with van der Waals surface area (Å²) in [5.41, 5.74) is 9.76. The van der Waals surface area contributed by atoms with Crippen LogP contribution in [0.4, 0.5) is 5.13 Å². The fraction of sp³-hybridized carbons (Fsp3) is 0.0769. The maximum Gasteiger partial charge on any atom is 0.265 e. The SMILES string of the molecule is COc1ccc(-c2nn(Cc3ccccc3)cc2C(=O)Nc2nc(-c3c[nH]c(C(N)=O)c3)cs2)cc1. The summed E-state index contributed by atoms with van der Waals surface area (Å²) in [5, 5.41) is 9.82. The van der Waals surface area contributed by atoms with Crippen molar-refractivity contribution >= 4 is 28.3 Å². The van der Waals surface area contributed by atoms with Crippen molar-refractivity contribution in [3.63, 3.8) is 0 Å². The van der Waals surface area contributed by atoms with E-state index in [9.17, 15) is 9.59 Å². The molecule has 3 heterocycles. The van der Waals surface area contributed by atoms with Crippen LogP contribution in [-0.4, -0.2) is 38.7 Å². The molecule has 0 radical (unpaired) electrons. The zero-order valence-corrected chi connectivity index (χ0v) is 20.1. The minimum atomic E-state index is -0.552. The summed E-state index contributed by atoms with van der Waals surface area (Å²) in [7, 11) is 1.60. The van der Waals surface area contributed by atoms with Crippen LogP contribution in [0.25, 0.3) is 22.5 Å². The van der Waals surface area contributed by atoms with Gasteiger partial charge in [0.15, 0.2) is 5.13 Å². The molecule has 180 valence electrons. The van der Waals surface area contributed by atoms with Gasteiger partial charge in [-0.05, 0) is 35.9 Å². The van der Waals surface area contributed by atoms with Crippen LogP contribution >= 0.6 is 11.3 Å². The number of H-pyrrole nitrogens is 1. The number of primary amides is 1. The highest BCUT2D eigenvalue weighted by Gasteiger charge is 2.20. The number of hydrogen-bond acceptors (Lipinski definition) is 6. The molecule has 0 aliphatic carbocycles. The van der Waals surface area contributed by atoms with Gasteiger partial charge in [0.1, 0.15) is 17.1 Å². The lowest BCUT2D eigenvalue weighted by atomic mass is 10.1. The highest BCUT2D eigenvalue weighted by atomic mass is 32.1. The second-order valence-electron chi connectivity index (χ2n) is 7.96. The van der Waals surface area contributed by atoms with Gasteiger partial charge in [-0.15, -0.1) is 11.3 Å². The van der Waals surface area contributed by atoms with Crippen molar-refractivity contribution in [2.75, 3.05) is 12.4 Å². The van der Waals surface area contributed by atoms with Crippen molar-refractivity contribution < 1.29 is 14.3 Å². The maximum absolute atomic E-state index is 13.3. The van der Waals surface area contributed by atoms with E-state index < -0.39 is 5.91 Å². The Bertz CT molecular complexity index is 1520. The van der Waals surface area contributed by atoms with E-state index in [1.807, 2.05) is 54.6 Å². The number of benzene rings is 2. The second-order valence-corrected chi connectivity index (χ2v) is 8.82. The highest BCUT2D eigenvalue weighted by molar-refractivity contribution is 7.14. The summed E-state index contributed by atoms with van der Waals surface area (Å²) < 4.78 is 7.01. The molecule has 0 atom stereocenters. The van der Waals surface area contributed by atoms with Gasteiger partial charge in [0.25, 0.3) is 11.8 Å². The van der Waals surface area contributed by atoms with Crippen LogP contribution in [0.15, 0.2) is 78.4 Å². The average Bonchev–Trinajstić information content (AvgIpc) is 3.64. The van der Waals surface area contributed by atoms with Gasteiger partial charge in [-0.2, -0.15) is 5.10 Å². The van der Waals surface area contributed by atoms with Gasteiger partial charge >= 0.3 is 0 Å². The Morgan fingerprint density at radius 3 is 2.58 bits per heavy atom. The molecule has 3 aromatic heterocycles. The third kappa shape index (κ3) is 4.89. The highest BCUT2D eigenvalue weighted by Crippen LogP contribution is 2.28. The van der Waals surface area contributed by atoms with Crippen molar-refractivity contribution in [1.82, 2.24) is 19.7 Å². The van der Waals surface area contributed by atoms with Gasteiger partial charge in [-0.3, -0.25) is 19.6 Å². The first-order valence-electron chi connectivity index (χ1n) is 11.0. The summed E-state index contributed by atoms with van der Waals surface area (Å²) >= 11 is 1.28. The molecule has 0 spiro atoms. The number of nitrogens with two attached hydrogens (primary N) is 1. The predicted molar refractivity (Wildman–Crippen MR) is 138 cm³/mol. The van der Waals surface area contributed by atoms with Crippen LogP contribution in [0.1, 0.15) is 26.4 Å². The van der Waals surface area contributed by atoms with Gasteiger partial charge in [0, 0.05) is 28.9 Å². The minimum absolute atomic E-state index is 0.290. The van der Waals surface area contributed by atoms with Gasteiger partial charge in [-0.1, -0.05) is 30.3 Å². The molecule has 2 amide bonds. The van der Waals surface area contributed by atoms with Crippen LogP contribution in [-0.2, 0) is 6.54 Å². The van der Waals surface area contributed by atoms with E-state index in [1.165, 1.54) is 11.3 Å². The first kappa shape index (κ1) is 23.1. The Hall–Kier alpha value is -4.70. The van der Waals surface area contributed by atoms with Gasteiger partial charge in [0.05, 0.1) is 24.9 Å². The molecule has 0 unspecified atom stereocenters. The number of nitrogens with zero attached hydrogens (tertiary/aromatic N) is 3. The number of carbonyl (C=O) groups is 2. The first-order chi connectivity index (χ1) is 17.5. The largest absolute Gasteiger partial charge is 0.497 e. The Balaban J connectivity index is 1.42. The number of amides is 2. The Morgan fingerprint density at radius 2 is 1.89 bits per heavy atom. The van der Waals surface area contributed by atoms with Crippen molar-refractivity contribution in [3.8, 4) is 28.3 Å². The van der Waals surface area contributed by atoms with Crippen LogP contribution in [0.2, 0.25) is 0 Å². The van der Waals surface area contributed by atoms with Gasteiger partial charge in [0.2, 0.25) is 0 Å². The molecule has 0 bridgehead atoms. The van der Waals surface area contributed by atoms with Crippen molar-refractivity contribution in [1.29, 1.82) is 0 Å². The van der Waals surface area contributed by atoms with Crippen molar-refractivity contribution in [2.45, 2.75) is 6.54 Å². The molecule has 4 N–H and O–H groups in total. The molecule has 5 rings (SSSR count). The van der Waals surface area contributed by atoms with Crippen LogP contribution in [0.3, 0.4) is 0 Å². The molecule has 36 heavy (non-hydrogen) atoms.